The third-order valence-corrected chi connectivity index (χ3v) is 6.51. The van der Waals surface area contributed by atoms with Gasteiger partial charge in [-0.25, -0.2) is 0 Å². The molecule has 0 aromatic heterocycles. The van der Waals surface area contributed by atoms with E-state index in [1.165, 1.54) is 26.2 Å². The van der Waals surface area contributed by atoms with Crippen LogP contribution in [0.2, 0.25) is 0 Å². The summed E-state index contributed by atoms with van der Waals surface area (Å²) in [6.07, 6.45) is 6.28. The van der Waals surface area contributed by atoms with E-state index >= 15 is 0 Å². The zero-order valence-electron chi connectivity index (χ0n) is 15.8. The van der Waals surface area contributed by atoms with Crippen LogP contribution in [0.1, 0.15) is 58.3 Å². The molecule has 0 aromatic carbocycles. The first-order chi connectivity index (χ1) is 12.7. The van der Waals surface area contributed by atoms with Crippen molar-refractivity contribution in [1.82, 2.24) is 10.6 Å². The third-order valence-electron chi connectivity index (χ3n) is 6.51. The van der Waals surface area contributed by atoms with Crippen LogP contribution in [-0.4, -0.2) is 35.7 Å². The molecule has 0 radical (unpaired) electrons. The molecular weight excluding hydrogens is 348 g/mol. The quantitative estimate of drug-likeness (QED) is 0.491. The van der Waals surface area contributed by atoms with Crippen LogP contribution < -0.4 is 22.1 Å². The number of hydrogen-bond acceptors (Lipinski definition) is 5. The molecule has 150 valence electrons. The highest BCUT2D eigenvalue weighted by atomic mass is 16.2. The topological polar surface area (TPSA) is 144 Å². The summed E-state index contributed by atoms with van der Waals surface area (Å²) in [5.41, 5.74) is 10.4. The van der Waals surface area contributed by atoms with Gasteiger partial charge in [0.25, 0.3) is 0 Å². The lowest BCUT2D eigenvalue weighted by Crippen LogP contribution is -2.54. The fourth-order valence-corrected chi connectivity index (χ4v) is 5.57. The zero-order valence-corrected chi connectivity index (χ0v) is 15.8. The molecule has 27 heavy (non-hydrogen) atoms. The number of carbonyl (C=O) groups is 4. The summed E-state index contributed by atoms with van der Waals surface area (Å²) in [5, 5.41) is 4.97. The molecule has 8 heteroatoms. The van der Waals surface area contributed by atoms with Gasteiger partial charge in [-0.3, -0.25) is 24.5 Å². The van der Waals surface area contributed by atoms with Crippen LogP contribution in [-0.2, 0) is 19.2 Å². The van der Waals surface area contributed by atoms with E-state index in [9.17, 15) is 19.2 Å². The van der Waals surface area contributed by atoms with Crippen molar-refractivity contribution in [3.63, 3.8) is 0 Å². The molecule has 0 heterocycles. The van der Waals surface area contributed by atoms with Crippen LogP contribution in [0.15, 0.2) is 0 Å². The Morgan fingerprint density at radius 2 is 1.56 bits per heavy atom. The van der Waals surface area contributed by atoms with E-state index in [0.717, 1.165) is 19.3 Å². The van der Waals surface area contributed by atoms with Crippen LogP contribution in [0.25, 0.3) is 0 Å². The summed E-state index contributed by atoms with van der Waals surface area (Å²) >= 11 is 0. The van der Waals surface area contributed by atoms with Gasteiger partial charge in [0.2, 0.25) is 23.6 Å². The highest BCUT2D eigenvalue weighted by Crippen LogP contribution is 2.60. The highest BCUT2D eigenvalue weighted by Gasteiger charge is 2.54. The zero-order chi connectivity index (χ0) is 19.8. The van der Waals surface area contributed by atoms with Gasteiger partial charge in [0.05, 0.1) is 11.5 Å². The van der Waals surface area contributed by atoms with Gasteiger partial charge in [-0.05, 0) is 69.6 Å². The first-order valence-corrected chi connectivity index (χ1v) is 9.88. The Kier molecular flexibility index (Phi) is 5.55. The molecule has 8 nitrogen and oxygen atoms in total. The van der Waals surface area contributed by atoms with Crippen molar-refractivity contribution in [3.8, 4) is 0 Å². The van der Waals surface area contributed by atoms with Crippen molar-refractivity contribution < 1.29 is 19.2 Å². The molecule has 0 spiro atoms. The molecule has 4 rings (SSSR count). The van der Waals surface area contributed by atoms with Crippen molar-refractivity contribution in [2.24, 2.45) is 34.6 Å². The van der Waals surface area contributed by atoms with Crippen LogP contribution in [0, 0.1) is 23.2 Å². The second-order valence-electron chi connectivity index (χ2n) is 8.87. The number of nitrogens with one attached hydrogen (secondary N) is 2. The van der Waals surface area contributed by atoms with Gasteiger partial charge in [0, 0.05) is 6.42 Å². The van der Waals surface area contributed by atoms with Crippen molar-refractivity contribution in [3.05, 3.63) is 0 Å². The smallest absolute Gasteiger partial charge is 0.240 e. The minimum atomic E-state index is -0.982. The normalized spacial score (nSPS) is 33.2. The van der Waals surface area contributed by atoms with Gasteiger partial charge in [0.1, 0.15) is 6.04 Å². The fraction of sp³-hybridized carbons (Fsp3) is 0.789. The van der Waals surface area contributed by atoms with E-state index in [-0.39, 0.29) is 18.7 Å². The average molecular weight is 378 g/mol. The maximum Gasteiger partial charge on any atom is 0.240 e. The Hall–Kier alpha value is -1.96. The Bertz CT molecular complexity index is 610. The lowest BCUT2D eigenvalue weighted by atomic mass is 9.49. The average Bonchev–Trinajstić information content (AvgIpc) is 2.56. The molecule has 4 aliphatic carbocycles. The molecule has 4 fully saturated rings. The van der Waals surface area contributed by atoms with Gasteiger partial charge in [0.15, 0.2) is 0 Å². The largest absolute Gasteiger partial charge is 0.368 e. The number of imide groups is 1. The van der Waals surface area contributed by atoms with Crippen LogP contribution >= 0.6 is 0 Å². The summed E-state index contributed by atoms with van der Waals surface area (Å²) in [6, 6.07) is -1.76. The van der Waals surface area contributed by atoms with Gasteiger partial charge in [-0.1, -0.05) is 0 Å². The van der Waals surface area contributed by atoms with E-state index in [0.29, 0.717) is 17.8 Å². The standard InChI is InChI=1S/C19H30N4O4/c1-10(20)17(26)22-14(16(21)25)2-3-15(24)23-18(27)19-7-11-4-12(8-19)6-13(5-11)9-19/h10-14H,2-9,20H2,1H3,(H2,21,25)(H,22,26)(H,23,24,27)/t10-,11?,12?,13?,14+,19?/m0/s1. The molecule has 4 amide bonds. The molecule has 0 unspecified atom stereocenters. The lowest BCUT2D eigenvalue weighted by molar-refractivity contribution is -0.149. The number of carbonyl (C=O) groups excluding carboxylic acids is 4. The Labute approximate surface area is 159 Å². The molecule has 4 aliphatic rings. The van der Waals surface area contributed by atoms with Crippen molar-refractivity contribution >= 4 is 23.6 Å². The summed E-state index contributed by atoms with van der Waals surface area (Å²) in [5.74, 6) is 0.00590. The maximum atomic E-state index is 12.8. The second kappa shape index (κ2) is 7.58. The van der Waals surface area contributed by atoms with E-state index in [1.807, 2.05) is 0 Å². The number of rotatable bonds is 7. The lowest BCUT2D eigenvalue weighted by Gasteiger charge is -2.55. The molecule has 2 atom stereocenters. The summed E-state index contributed by atoms with van der Waals surface area (Å²) in [7, 11) is 0. The molecule has 0 aromatic rings. The van der Waals surface area contributed by atoms with E-state index in [2.05, 4.69) is 10.6 Å². The SMILES string of the molecule is C[C@H](N)C(=O)N[C@H](CCC(=O)NC(=O)C12CC3CC(CC(C3)C1)C2)C(N)=O. The Balaban J connectivity index is 1.52. The van der Waals surface area contributed by atoms with E-state index in [1.54, 1.807) is 0 Å². The minimum absolute atomic E-state index is 0.0355. The van der Waals surface area contributed by atoms with Crippen molar-refractivity contribution in [2.45, 2.75) is 70.4 Å². The number of nitrogens with two attached hydrogens (primary N) is 2. The second-order valence-corrected chi connectivity index (χ2v) is 8.87. The molecular formula is C19H30N4O4. The highest BCUT2D eigenvalue weighted by molar-refractivity contribution is 5.98. The van der Waals surface area contributed by atoms with E-state index in [4.69, 9.17) is 11.5 Å². The van der Waals surface area contributed by atoms with Gasteiger partial charge < -0.3 is 16.8 Å². The number of primary amides is 1. The number of hydrogen-bond donors (Lipinski definition) is 4. The van der Waals surface area contributed by atoms with Gasteiger partial charge in [-0.15, -0.1) is 0 Å². The van der Waals surface area contributed by atoms with Crippen LogP contribution in [0.4, 0.5) is 0 Å². The fourth-order valence-electron chi connectivity index (χ4n) is 5.57. The van der Waals surface area contributed by atoms with Crippen LogP contribution in [0.5, 0.6) is 0 Å². The monoisotopic (exact) mass is 378 g/mol. The molecule has 0 saturated heterocycles. The van der Waals surface area contributed by atoms with Gasteiger partial charge in [-0.2, -0.15) is 0 Å². The van der Waals surface area contributed by atoms with Gasteiger partial charge >= 0.3 is 0 Å². The molecule has 0 aliphatic heterocycles. The first-order valence-electron chi connectivity index (χ1n) is 9.88. The molecule has 4 saturated carbocycles. The third kappa shape index (κ3) is 4.31. The maximum absolute atomic E-state index is 12.8. The minimum Gasteiger partial charge on any atom is -0.368 e. The van der Waals surface area contributed by atoms with Crippen LogP contribution in [0.3, 0.4) is 0 Å². The molecule has 6 N–H and O–H groups in total. The predicted molar refractivity (Wildman–Crippen MR) is 97.8 cm³/mol. The Morgan fingerprint density at radius 1 is 1.04 bits per heavy atom. The summed E-state index contributed by atoms with van der Waals surface area (Å²) < 4.78 is 0. The molecule has 4 bridgehead atoms. The summed E-state index contributed by atoms with van der Waals surface area (Å²) in [4.78, 5) is 48.2. The predicted octanol–water partition coefficient (Wildman–Crippen LogP) is -0.0569. The van der Waals surface area contributed by atoms with Crippen molar-refractivity contribution in [1.29, 1.82) is 0 Å². The first kappa shape index (κ1) is 19.8. The Morgan fingerprint density at radius 3 is 2.00 bits per heavy atom. The van der Waals surface area contributed by atoms with E-state index < -0.39 is 35.2 Å². The summed E-state index contributed by atoms with van der Waals surface area (Å²) in [6.45, 7) is 1.49. The number of amides is 4. The van der Waals surface area contributed by atoms with Crippen molar-refractivity contribution in [2.75, 3.05) is 0 Å².